The predicted molar refractivity (Wildman–Crippen MR) is 82.1 cm³/mol. The molecule has 0 heterocycles. The zero-order valence-electron chi connectivity index (χ0n) is 13.4. The first kappa shape index (κ1) is 18.1. The Bertz CT molecular complexity index is 469. The minimum absolute atomic E-state index is 0.0496. The summed E-state index contributed by atoms with van der Waals surface area (Å²) in [5, 5.41) is 0. The molecule has 0 atom stereocenters. The Morgan fingerprint density at radius 2 is 1.55 bits per heavy atom. The van der Waals surface area contributed by atoms with Gasteiger partial charge in [0.1, 0.15) is 13.2 Å². The molecule has 1 fully saturated rings. The Labute approximate surface area is 131 Å². The van der Waals surface area contributed by atoms with Crippen LogP contribution in [0.2, 0.25) is 0 Å². The van der Waals surface area contributed by atoms with Crippen LogP contribution in [0.25, 0.3) is 0 Å². The van der Waals surface area contributed by atoms with Gasteiger partial charge >= 0.3 is 11.9 Å². The minimum atomic E-state index is -0.649. The SMILES string of the molecule is C=C(C)C(=O)OCCOC(=O)/C(=C/C1CCCCC1)C(C)=O. The van der Waals surface area contributed by atoms with Gasteiger partial charge in [-0.3, -0.25) is 4.79 Å². The van der Waals surface area contributed by atoms with Crippen LogP contribution in [0.5, 0.6) is 0 Å². The summed E-state index contributed by atoms with van der Waals surface area (Å²) in [6.07, 6.45) is 7.19. The van der Waals surface area contributed by atoms with E-state index < -0.39 is 11.9 Å². The lowest BCUT2D eigenvalue weighted by Gasteiger charge is -2.18. The van der Waals surface area contributed by atoms with Gasteiger partial charge in [0.2, 0.25) is 0 Å². The fraction of sp³-hybridized carbons (Fsp3) is 0.588. The van der Waals surface area contributed by atoms with Crippen LogP contribution in [0.3, 0.4) is 0 Å². The highest BCUT2D eigenvalue weighted by atomic mass is 16.6. The zero-order chi connectivity index (χ0) is 16.5. The molecule has 0 aromatic carbocycles. The summed E-state index contributed by atoms with van der Waals surface area (Å²) < 4.78 is 9.83. The second-order valence-corrected chi connectivity index (χ2v) is 5.59. The third-order valence-corrected chi connectivity index (χ3v) is 3.55. The van der Waals surface area contributed by atoms with Crippen molar-refractivity contribution >= 4 is 17.7 Å². The van der Waals surface area contributed by atoms with E-state index in [0.717, 1.165) is 25.7 Å². The first-order valence-electron chi connectivity index (χ1n) is 7.64. The van der Waals surface area contributed by atoms with E-state index in [4.69, 9.17) is 9.47 Å². The Morgan fingerprint density at radius 1 is 1.00 bits per heavy atom. The second kappa shape index (κ2) is 9.18. The first-order valence-corrected chi connectivity index (χ1v) is 7.64. The molecule has 0 amide bonds. The van der Waals surface area contributed by atoms with E-state index in [1.54, 1.807) is 6.08 Å². The summed E-state index contributed by atoms with van der Waals surface area (Å²) in [7, 11) is 0. The highest BCUT2D eigenvalue weighted by Crippen LogP contribution is 2.26. The van der Waals surface area contributed by atoms with Crippen LogP contribution in [0.4, 0.5) is 0 Å². The van der Waals surface area contributed by atoms with E-state index in [1.165, 1.54) is 20.3 Å². The number of ketones is 1. The minimum Gasteiger partial charge on any atom is -0.459 e. The van der Waals surface area contributed by atoms with Crippen LogP contribution in [-0.2, 0) is 23.9 Å². The van der Waals surface area contributed by atoms with Gasteiger partial charge in [-0.1, -0.05) is 31.9 Å². The number of allylic oxidation sites excluding steroid dienone is 1. The quantitative estimate of drug-likeness (QED) is 0.238. The fourth-order valence-electron chi connectivity index (χ4n) is 2.34. The average Bonchev–Trinajstić information content (AvgIpc) is 2.49. The predicted octanol–water partition coefficient (Wildman–Crippen LogP) is 2.74. The standard InChI is InChI=1S/C17H24O5/c1-12(2)16(19)21-9-10-22-17(20)15(13(3)18)11-14-7-5-4-6-8-14/h11,14H,1,4-10H2,2-3H3/b15-11+. The van der Waals surface area contributed by atoms with Crippen molar-refractivity contribution in [1.82, 2.24) is 0 Å². The lowest BCUT2D eigenvalue weighted by Crippen LogP contribution is -2.19. The molecule has 122 valence electrons. The van der Waals surface area contributed by atoms with Gasteiger partial charge in [-0.15, -0.1) is 0 Å². The number of carbonyl (C=O) groups excluding carboxylic acids is 3. The number of hydrogen-bond donors (Lipinski definition) is 0. The number of rotatable bonds is 7. The maximum atomic E-state index is 12.0. The second-order valence-electron chi connectivity index (χ2n) is 5.59. The summed E-state index contributed by atoms with van der Waals surface area (Å²) in [5.41, 5.74) is 0.381. The number of esters is 2. The topological polar surface area (TPSA) is 69.7 Å². The van der Waals surface area contributed by atoms with Crippen LogP contribution < -0.4 is 0 Å². The van der Waals surface area contributed by atoms with Crippen molar-refractivity contribution in [3.05, 3.63) is 23.8 Å². The fourth-order valence-corrected chi connectivity index (χ4v) is 2.34. The highest BCUT2D eigenvalue weighted by molar-refractivity contribution is 6.16. The van der Waals surface area contributed by atoms with Gasteiger partial charge in [-0.05, 0) is 32.6 Å². The number of carbonyl (C=O) groups is 3. The molecule has 0 spiro atoms. The molecule has 1 aliphatic carbocycles. The summed E-state index contributed by atoms with van der Waals surface area (Å²) in [6.45, 7) is 6.22. The van der Waals surface area contributed by atoms with Crippen LogP contribution in [0.1, 0.15) is 46.0 Å². The number of hydrogen-bond acceptors (Lipinski definition) is 5. The largest absolute Gasteiger partial charge is 0.459 e. The van der Waals surface area contributed by atoms with Gasteiger partial charge in [0, 0.05) is 5.57 Å². The van der Waals surface area contributed by atoms with Gasteiger partial charge in [-0.25, -0.2) is 9.59 Å². The molecule has 22 heavy (non-hydrogen) atoms. The molecule has 1 saturated carbocycles. The van der Waals surface area contributed by atoms with E-state index >= 15 is 0 Å². The van der Waals surface area contributed by atoms with Crippen molar-refractivity contribution in [3.63, 3.8) is 0 Å². The van der Waals surface area contributed by atoms with Crippen molar-refractivity contribution in [1.29, 1.82) is 0 Å². The van der Waals surface area contributed by atoms with Crippen molar-refractivity contribution in [2.45, 2.75) is 46.0 Å². The molecule has 1 rings (SSSR count). The summed E-state index contributed by atoms with van der Waals surface area (Å²) in [6, 6.07) is 0. The Morgan fingerprint density at radius 3 is 2.05 bits per heavy atom. The van der Waals surface area contributed by atoms with Gasteiger partial charge in [0.05, 0.1) is 5.57 Å². The van der Waals surface area contributed by atoms with Crippen molar-refractivity contribution < 1.29 is 23.9 Å². The molecule has 5 nitrogen and oxygen atoms in total. The van der Waals surface area contributed by atoms with E-state index in [9.17, 15) is 14.4 Å². The molecule has 5 heteroatoms. The van der Waals surface area contributed by atoms with Crippen LogP contribution in [0.15, 0.2) is 23.8 Å². The summed E-state index contributed by atoms with van der Waals surface area (Å²) >= 11 is 0. The van der Waals surface area contributed by atoms with Crippen molar-refractivity contribution in [2.75, 3.05) is 13.2 Å². The van der Waals surface area contributed by atoms with Crippen LogP contribution in [-0.4, -0.2) is 30.9 Å². The first-order chi connectivity index (χ1) is 10.4. The molecule has 0 N–H and O–H groups in total. The van der Waals surface area contributed by atoms with E-state index in [2.05, 4.69) is 6.58 Å². The zero-order valence-corrected chi connectivity index (χ0v) is 13.4. The normalized spacial score (nSPS) is 16.0. The molecule has 0 unspecified atom stereocenters. The highest BCUT2D eigenvalue weighted by Gasteiger charge is 2.20. The third-order valence-electron chi connectivity index (χ3n) is 3.55. The van der Waals surface area contributed by atoms with Gasteiger partial charge < -0.3 is 9.47 Å². The maximum Gasteiger partial charge on any atom is 0.341 e. The summed E-state index contributed by atoms with van der Waals surface area (Å²) in [5.74, 6) is -1.21. The third kappa shape index (κ3) is 6.24. The van der Waals surface area contributed by atoms with Gasteiger partial charge in [-0.2, -0.15) is 0 Å². The van der Waals surface area contributed by atoms with Crippen LogP contribution in [0, 0.1) is 5.92 Å². The molecule has 1 aliphatic rings. The Balaban J connectivity index is 2.48. The molecule has 0 aromatic rings. The molecule has 0 aliphatic heterocycles. The van der Waals surface area contributed by atoms with Gasteiger partial charge in [0.15, 0.2) is 5.78 Å². The molecule has 0 saturated heterocycles. The number of ether oxygens (including phenoxy) is 2. The lowest BCUT2D eigenvalue weighted by molar-refractivity contribution is -0.148. The van der Waals surface area contributed by atoms with Crippen molar-refractivity contribution in [3.8, 4) is 0 Å². The maximum absolute atomic E-state index is 12.0. The van der Waals surface area contributed by atoms with Crippen molar-refractivity contribution in [2.24, 2.45) is 5.92 Å². The lowest BCUT2D eigenvalue weighted by atomic mass is 9.87. The summed E-state index contributed by atoms with van der Waals surface area (Å²) in [4.78, 5) is 34.8. The van der Waals surface area contributed by atoms with E-state index in [1.807, 2.05) is 0 Å². The Hall–Kier alpha value is -1.91. The smallest absolute Gasteiger partial charge is 0.341 e. The molecular weight excluding hydrogens is 284 g/mol. The molecule has 0 aromatic heterocycles. The monoisotopic (exact) mass is 308 g/mol. The Kier molecular flexibility index (Phi) is 7.57. The van der Waals surface area contributed by atoms with Crippen LogP contribution >= 0.6 is 0 Å². The molecule has 0 radical (unpaired) electrons. The average molecular weight is 308 g/mol. The number of Topliss-reactive ketones (excluding diaryl/α,β-unsaturated/α-hetero) is 1. The molecule has 0 bridgehead atoms. The van der Waals surface area contributed by atoms with Gasteiger partial charge in [0.25, 0.3) is 0 Å². The molecular formula is C17H24O5. The van der Waals surface area contributed by atoms with E-state index in [0.29, 0.717) is 0 Å². The van der Waals surface area contributed by atoms with E-state index in [-0.39, 0.29) is 36.1 Å².